The molecule has 1 amide bonds. The number of aromatic nitrogens is 5. The fourth-order valence-corrected chi connectivity index (χ4v) is 5.89. The van der Waals surface area contributed by atoms with Crippen molar-refractivity contribution in [3.63, 3.8) is 0 Å². The number of rotatable bonds is 5. The Morgan fingerprint density at radius 2 is 2.11 bits per heavy atom. The van der Waals surface area contributed by atoms with Crippen molar-refractivity contribution in [2.75, 3.05) is 12.4 Å². The van der Waals surface area contributed by atoms with E-state index in [2.05, 4.69) is 15.0 Å². The van der Waals surface area contributed by atoms with Crippen LogP contribution in [-0.4, -0.2) is 65.6 Å². The molecular formula is C20H19N6O7PS. The molecule has 4 aromatic rings. The van der Waals surface area contributed by atoms with Crippen LogP contribution < -0.4 is 11.3 Å². The van der Waals surface area contributed by atoms with Gasteiger partial charge in [0.1, 0.15) is 18.3 Å². The van der Waals surface area contributed by atoms with Crippen LogP contribution in [0.4, 0.5) is 0 Å². The molecule has 1 aromatic carbocycles. The summed E-state index contributed by atoms with van der Waals surface area (Å²) in [6.45, 7) is -0.0240. The quantitative estimate of drug-likeness (QED) is 0.252. The van der Waals surface area contributed by atoms with Crippen molar-refractivity contribution >= 4 is 42.9 Å². The Hall–Kier alpha value is -3.00. The van der Waals surface area contributed by atoms with E-state index in [0.29, 0.717) is 5.69 Å². The summed E-state index contributed by atoms with van der Waals surface area (Å²) in [6, 6.07) is 9.43. The number of carbonyl (C=O) groups excluding carboxylic acids is 1. The minimum absolute atomic E-state index is 0.0181. The van der Waals surface area contributed by atoms with Crippen LogP contribution in [-0.2, 0) is 23.1 Å². The van der Waals surface area contributed by atoms with Crippen molar-refractivity contribution in [3.05, 3.63) is 46.9 Å². The number of aliphatic hydroxyl groups is 1. The van der Waals surface area contributed by atoms with Crippen LogP contribution >= 0.6 is 20.0 Å². The number of thioether (sulfide) groups is 1. The van der Waals surface area contributed by atoms with Gasteiger partial charge in [-0.1, -0.05) is 42.1 Å². The summed E-state index contributed by atoms with van der Waals surface area (Å²) >= 11 is 0.982. The molecule has 5 atom stereocenters. The number of imidazole rings is 2. The number of primary amides is 1. The van der Waals surface area contributed by atoms with Crippen LogP contribution in [0.3, 0.4) is 0 Å². The number of hydrogen-bond acceptors (Lipinski definition) is 10. The number of hydrogen-bond donors (Lipinski definition) is 3. The maximum absolute atomic E-state index is 13.4. The molecule has 0 spiro atoms. The van der Waals surface area contributed by atoms with Crippen molar-refractivity contribution in [2.45, 2.75) is 29.7 Å². The van der Waals surface area contributed by atoms with Crippen LogP contribution in [0.25, 0.3) is 28.2 Å². The maximum atomic E-state index is 13.4. The van der Waals surface area contributed by atoms with E-state index in [1.807, 2.05) is 30.3 Å². The minimum Gasteiger partial charge on any atom is -0.386 e. The summed E-state index contributed by atoms with van der Waals surface area (Å²) in [4.78, 5) is 37.0. The van der Waals surface area contributed by atoms with Crippen LogP contribution in [0, 0.1) is 0 Å². The van der Waals surface area contributed by atoms with Gasteiger partial charge in [-0.3, -0.25) is 18.7 Å². The van der Waals surface area contributed by atoms with Crippen molar-refractivity contribution in [1.29, 1.82) is 0 Å². The van der Waals surface area contributed by atoms with Crippen LogP contribution in [0.1, 0.15) is 6.23 Å². The standard InChI is InChI=1S/C20H19N6O7PS/c21-12(27)8-35-20-23-13-16(26(20)18-14(28)15-11(32-18)7-31-34(30)33-15)24-19-22-10(6-25(19)17(13)29)9-4-2-1-3-5-9/h1-6,11,14-15,18,28,34H,7-8H2,(H2,21,27)(H,22,24)/t11?,14-,15+,18+/m0/s1. The fourth-order valence-electron chi connectivity index (χ4n) is 4.25. The van der Waals surface area contributed by atoms with Gasteiger partial charge in [0.15, 0.2) is 22.5 Å². The summed E-state index contributed by atoms with van der Waals surface area (Å²) in [5.74, 6) is -0.456. The SMILES string of the molecule is NC(=O)CSc1nc2c(=O)n3cc(-c4ccccc4)[nH]c3nc2n1[C@@H]1OC2CO[PH](=O)O[C@H]2[C@@H]1O. The number of amides is 1. The Kier molecular flexibility index (Phi) is 5.51. The number of nitrogens with two attached hydrogens (primary N) is 1. The van der Waals surface area contributed by atoms with E-state index in [9.17, 15) is 19.3 Å². The molecule has 0 aliphatic carbocycles. The van der Waals surface area contributed by atoms with Gasteiger partial charge in [-0.25, -0.2) is 9.38 Å². The molecule has 4 N–H and O–H groups in total. The summed E-state index contributed by atoms with van der Waals surface area (Å²) in [5.41, 5.74) is 6.56. The van der Waals surface area contributed by atoms with Crippen LogP contribution in [0.5, 0.6) is 0 Å². The number of fused-ring (bicyclic) bond motifs is 3. The van der Waals surface area contributed by atoms with Gasteiger partial charge < -0.3 is 29.6 Å². The number of aromatic amines is 1. The predicted octanol–water partition coefficient (Wildman–Crippen LogP) is 0.680. The van der Waals surface area contributed by atoms with Gasteiger partial charge in [0.25, 0.3) is 5.56 Å². The first-order valence-corrected chi connectivity index (χ1v) is 12.8. The second-order valence-electron chi connectivity index (χ2n) is 8.04. The largest absolute Gasteiger partial charge is 0.386 e. The first-order valence-electron chi connectivity index (χ1n) is 10.6. The molecular weight excluding hydrogens is 499 g/mol. The zero-order valence-corrected chi connectivity index (χ0v) is 19.7. The van der Waals surface area contributed by atoms with Gasteiger partial charge >= 0.3 is 8.25 Å². The Bertz CT molecular complexity index is 1540. The molecule has 15 heteroatoms. The van der Waals surface area contributed by atoms with E-state index < -0.39 is 44.3 Å². The molecule has 3 aromatic heterocycles. The normalized spacial score (nSPS) is 26.4. The van der Waals surface area contributed by atoms with E-state index in [0.717, 1.165) is 17.3 Å². The summed E-state index contributed by atoms with van der Waals surface area (Å²) in [6.07, 6.45) is -2.30. The highest BCUT2D eigenvalue weighted by Gasteiger charge is 2.50. The molecule has 0 bridgehead atoms. The maximum Gasteiger partial charge on any atom is 0.319 e. The molecule has 0 saturated carbocycles. The predicted molar refractivity (Wildman–Crippen MR) is 124 cm³/mol. The Morgan fingerprint density at radius 1 is 1.31 bits per heavy atom. The lowest BCUT2D eigenvalue weighted by atomic mass is 10.1. The number of ether oxygens (including phenoxy) is 1. The summed E-state index contributed by atoms with van der Waals surface area (Å²) in [5, 5.41) is 11.2. The highest BCUT2D eigenvalue weighted by molar-refractivity contribution is 7.99. The van der Waals surface area contributed by atoms with Gasteiger partial charge in [0.05, 0.1) is 18.1 Å². The lowest BCUT2D eigenvalue weighted by Gasteiger charge is -2.24. The number of nitrogens with zero attached hydrogens (tertiary/aromatic N) is 4. The van der Waals surface area contributed by atoms with Crippen LogP contribution in [0.15, 0.2) is 46.5 Å². The monoisotopic (exact) mass is 518 g/mol. The highest BCUT2D eigenvalue weighted by Crippen LogP contribution is 2.44. The molecule has 182 valence electrons. The van der Waals surface area contributed by atoms with E-state index in [1.165, 1.54) is 8.97 Å². The molecule has 35 heavy (non-hydrogen) atoms. The molecule has 2 aliphatic heterocycles. The summed E-state index contributed by atoms with van der Waals surface area (Å²) < 4.78 is 30.8. The molecule has 2 aliphatic rings. The Balaban J connectivity index is 1.51. The number of carbonyl (C=O) groups is 1. The van der Waals surface area contributed by atoms with Gasteiger partial charge in [0.2, 0.25) is 11.7 Å². The second-order valence-corrected chi connectivity index (χ2v) is 10.0. The fraction of sp³-hybridized carbons (Fsp3) is 0.300. The summed E-state index contributed by atoms with van der Waals surface area (Å²) in [7, 11) is -2.76. The van der Waals surface area contributed by atoms with Gasteiger partial charge in [0, 0.05) is 6.20 Å². The number of aliphatic hydroxyl groups excluding tert-OH is 1. The first kappa shape index (κ1) is 22.5. The van der Waals surface area contributed by atoms with Gasteiger partial charge in [-0.15, -0.1) is 0 Å². The zero-order chi connectivity index (χ0) is 24.3. The van der Waals surface area contributed by atoms with E-state index in [1.54, 1.807) is 6.20 Å². The number of benzene rings is 1. The molecule has 5 heterocycles. The van der Waals surface area contributed by atoms with Crippen molar-refractivity contribution < 1.29 is 28.3 Å². The smallest absolute Gasteiger partial charge is 0.319 e. The second kappa shape index (κ2) is 8.59. The first-order chi connectivity index (χ1) is 16.9. The van der Waals surface area contributed by atoms with Crippen molar-refractivity contribution in [2.24, 2.45) is 5.73 Å². The van der Waals surface area contributed by atoms with Crippen LogP contribution in [0.2, 0.25) is 0 Å². The van der Waals surface area contributed by atoms with E-state index in [-0.39, 0.29) is 34.5 Å². The topological polar surface area (TPSA) is 176 Å². The molecule has 13 nitrogen and oxygen atoms in total. The molecule has 0 radical (unpaired) electrons. The van der Waals surface area contributed by atoms with Gasteiger partial charge in [-0.2, -0.15) is 4.98 Å². The Labute approximate surface area is 201 Å². The lowest BCUT2D eigenvalue weighted by Crippen LogP contribution is -2.37. The molecule has 2 fully saturated rings. The van der Waals surface area contributed by atoms with Crippen molar-refractivity contribution in [3.8, 4) is 11.3 Å². The van der Waals surface area contributed by atoms with Crippen molar-refractivity contribution in [1.82, 2.24) is 23.9 Å². The third kappa shape index (κ3) is 3.78. The third-order valence-electron chi connectivity index (χ3n) is 5.81. The van der Waals surface area contributed by atoms with Gasteiger partial charge in [-0.05, 0) is 5.56 Å². The number of H-pyrrole nitrogens is 1. The lowest BCUT2D eigenvalue weighted by molar-refractivity contribution is -0.115. The highest BCUT2D eigenvalue weighted by atomic mass is 32.2. The zero-order valence-electron chi connectivity index (χ0n) is 17.9. The number of nitrogens with one attached hydrogen (secondary N) is 1. The molecule has 2 saturated heterocycles. The molecule has 2 unspecified atom stereocenters. The average molecular weight is 518 g/mol. The average Bonchev–Trinajstić information content (AvgIpc) is 3.53. The van der Waals surface area contributed by atoms with E-state index >= 15 is 0 Å². The minimum atomic E-state index is -2.76. The third-order valence-corrected chi connectivity index (χ3v) is 7.65. The van der Waals surface area contributed by atoms with E-state index in [4.69, 9.17) is 19.5 Å². The molecule has 6 rings (SSSR count). The Morgan fingerprint density at radius 3 is 2.89 bits per heavy atom.